The van der Waals surface area contributed by atoms with Gasteiger partial charge in [0.15, 0.2) is 0 Å². The average Bonchev–Trinajstić information content (AvgIpc) is 2.67. The number of benzene rings is 1. The molecule has 0 saturated carbocycles. The highest BCUT2D eigenvalue weighted by Crippen LogP contribution is 2.24. The Morgan fingerprint density at radius 1 is 1.47 bits per heavy atom. The van der Waals surface area contributed by atoms with Crippen molar-refractivity contribution in [1.82, 2.24) is 9.78 Å². The maximum Gasteiger partial charge on any atom is 0.0834 e. The first kappa shape index (κ1) is 12.1. The van der Waals surface area contributed by atoms with Crippen molar-refractivity contribution in [3.05, 3.63) is 52.3 Å². The molecule has 1 aromatic heterocycles. The molecule has 0 aliphatic rings. The molecule has 0 amide bonds. The first-order chi connectivity index (χ1) is 8.06. The molecule has 1 unspecified atom stereocenters. The fraction of sp³-hybridized carbons (Fsp3) is 0.308. The Morgan fingerprint density at radius 3 is 2.88 bits per heavy atom. The molecule has 1 aromatic carbocycles. The van der Waals surface area contributed by atoms with Crippen molar-refractivity contribution in [1.29, 1.82) is 0 Å². The Morgan fingerprint density at radius 2 is 2.24 bits per heavy atom. The van der Waals surface area contributed by atoms with Crippen molar-refractivity contribution in [2.24, 2.45) is 7.05 Å². The molecule has 90 valence electrons. The predicted molar refractivity (Wildman–Crippen MR) is 68.1 cm³/mol. The van der Waals surface area contributed by atoms with Crippen molar-refractivity contribution < 1.29 is 5.11 Å². The van der Waals surface area contributed by atoms with E-state index in [9.17, 15) is 5.11 Å². The molecule has 0 saturated heterocycles. The maximum atomic E-state index is 10.2. The molecule has 0 aliphatic carbocycles. The van der Waals surface area contributed by atoms with Gasteiger partial charge >= 0.3 is 0 Å². The summed E-state index contributed by atoms with van der Waals surface area (Å²) in [6.45, 7) is 1.97. The molecule has 0 bridgehead atoms. The monoisotopic (exact) mass is 250 g/mol. The maximum absolute atomic E-state index is 10.2. The van der Waals surface area contributed by atoms with Gasteiger partial charge in [-0.15, -0.1) is 0 Å². The molecule has 0 aliphatic heterocycles. The highest BCUT2D eigenvalue weighted by atomic mass is 35.5. The Kier molecular flexibility index (Phi) is 3.50. The fourth-order valence-corrected chi connectivity index (χ4v) is 2.06. The number of aliphatic hydroxyl groups is 1. The van der Waals surface area contributed by atoms with Crippen LogP contribution in [0.2, 0.25) is 5.02 Å². The number of halogens is 1. The zero-order chi connectivity index (χ0) is 12.4. The van der Waals surface area contributed by atoms with Gasteiger partial charge in [0.25, 0.3) is 0 Å². The lowest BCUT2D eigenvalue weighted by Crippen LogP contribution is -2.03. The van der Waals surface area contributed by atoms with Crippen LogP contribution < -0.4 is 0 Å². The molecule has 1 atom stereocenters. The summed E-state index contributed by atoms with van der Waals surface area (Å²) in [5.74, 6) is 0. The summed E-state index contributed by atoms with van der Waals surface area (Å²) >= 11 is 5.94. The molecule has 2 aromatic rings. The minimum atomic E-state index is -0.544. The van der Waals surface area contributed by atoms with Gasteiger partial charge in [0.05, 0.1) is 12.3 Å². The number of hydrogen-bond donors (Lipinski definition) is 1. The standard InChI is InChI=1S/C13H15ClN2O/c1-9-3-4-11(14)6-12(9)13(17)5-10-7-15-16(2)8-10/h3-4,6-8,13,17H,5H2,1-2H3. The SMILES string of the molecule is Cc1ccc(Cl)cc1C(O)Cc1cnn(C)c1. The number of aromatic nitrogens is 2. The summed E-state index contributed by atoms with van der Waals surface area (Å²) < 4.78 is 1.73. The number of rotatable bonds is 3. The van der Waals surface area contributed by atoms with Gasteiger partial charge in [0.1, 0.15) is 0 Å². The minimum Gasteiger partial charge on any atom is -0.388 e. The van der Waals surface area contributed by atoms with Crippen LogP contribution in [0.1, 0.15) is 22.8 Å². The highest BCUT2D eigenvalue weighted by Gasteiger charge is 2.12. The number of hydrogen-bond acceptors (Lipinski definition) is 2. The van der Waals surface area contributed by atoms with Gasteiger partial charge in [-0.1, -0.05) is 17.7 Å². The lowest BCUT2D eigenvalue weighted by molar-refractivity contribution is 0.177. The molecule has 0 fully saturated rings. The van der Waals surface area contributed by atoms with Gasteiger partial charge in [-0.05, 0) is 35.7 Å². The van der Waals surface area contributed by atoms with E-state index in [0.29, 0.717) is 11.4 Å². The molecule has 4 heteroatoms. The van der Waals surface area contributed by atoms with E-state index in [2.05, 4.69) is 5.10 Å². The van der Waals surface area contributed by atoms with E-state index in [1.54, 1.807) is 10.9 Å². The van der Waals surface area contributed by atoms with Crippen LogP contribution in [0.5, 0.6) is 0 Å². The second-order valence-corrected chi connectivity index (χ2v) is 4.68. The van der Waals surface area contributed by atoms with Crippen molar-refractivity contribution in [3.8, 4) is 0 Å². The molecule has 17 heavy (non-hydrogen) atoms. The van der Waals surface area contributed by atoms with E-state index in [1.807, 2.05) is 38.4 Å². The molecule has 1 N–H and O–H groups in total. The summed E-state index contributed by atoms with van der Waals surface area (Å²) in [5.41, 5.74) is 2.94. The summed E-state index contributed by atoms with van der Waals surface area (Å²) in [4.78, 5) is 0. The Bertz CT molecular complexity index is 522. The van der Waals surface area contributed by atoms with E-state index < -0.39 is 6.10 Å². The van der Waals surface area contributed by atoms with Gasteiger partial charge in [0, 0.05) is 24.7 Å². The molecule has 2 rings (SSSR count). The van der Waals surface area contributed by atoms with Gasteiger partial charge in [-0.2, -0.15) is 5.10 Å². The second kappa shape index (κ2) is 4.90. The molecular weight excluding hydrogens is 236 g/mol. The van der Waals surface area contributed by atoms with E-state index >= 15 is 0 Å². The summed E-state index contributed by atoms with van der Waals surface area (Å²) in [5, 5.41) is 14.9. The van der Waals surface area contributed by atoms with Gasteiger partial charge < -0.3 is 5.11 Å². The Balaban J connectivity index is 2.19. The van der Waals surface area contributed by atoms with Crippen molar-refractivity contribution in [3.63, 3.8) is 0 Å². The van der Waals surface area contributed by atoms with Crippen molar-refractivity contribution in [2.45, 2.75) is 19.4 Å². The summed E-state index contributed by atoms with van der Waals surface area (Å²) in [7, 11) is 1.86. The average molecular weight is 251 g/mol. The smallest absolute Gasteiger partial charge is 0.0834 e. The predicted octanol–water partition coefficient (Wildman–Crippen LogP) is 2.66. The second-order valence-electron chi connectivity index (χ2n) is 4.24. The zero-order valence-corrected chi connectivity index (χ0v) is 10.6. The van der Waals surface area contributed by atoms with Gasteiger partial charge in [-0.3, -0.25) is 4.68 Å². The largest absolute Gasteiger partial charge is 0.388 e. The lowest BCUT2D eigenvalue weighted by Gasteiger charge is -2.13. The first-order valence-corrected chi connectivity index (χ1v) is 5.85. The molecule has 1 heterocycles. The van der Waals surface area contributed by atoms with Crippen molar-refractivity contribution in [2.75, 3.05) is 0 Å². The number of aryl methyl sites for hydroxylation is 2. The van der Waals surface area contributed by atoms with Crippen LogP contribution in [0, 0.1) is 6.92 Å². The number of aliphatic hydroxyl groups excluding tert-OH is 1. The van der Waals surface area contributed by atoms with Crippen LogP contribution in [0.4, 0.5) is 0 Å². The van der Waals surface area contributed by atoms with E-state index in [4.69, 9.17) is 11.6 Å². The van der Waals surface area contributed by atoms with Crippen LogP contribution in [0.3, 0.4) is 0 Å². The zero-order valence-electron chi connectivity index (χ0n) is 9.89. The van der Waals surface area contributed by atoms with Crippen LogP contribution in [0.15, 0.2) is 30.6 Å². The summed E-state index contributed by atoms with van der Waals surface area (Å²) in [6.07, 6.45) is 3.68. The third-order valence-corrected chi connectivity index (χ3v) is 3.02. The highest BCUT2D eigenvalue weighted by molar-refractivity contribution is 6.30. The van der Waals surface area contributed by atoms with Crippen LogP contribution in [-0.2, 0) is 13.5 Å². The Hall–Kier alpha value is -1.32. The fourth-order valence-electron chi connectivity index (χ4n) is 1.88. The Labute approximate surface area is 106 Å². The third kappa shape index (κ3) is 2.87. The normalized spacial score (nSPS) is 12.7. The topological polar surface area (TPSA) is 38.1 Å². The lowest BCUT2D eigenvalue weighted by atomic mass is 9.99. The van der Waals surface area contributed by atoms with Crippen LogP contribution in [0.25, 0.3) is 0 Å². The molecular formula is C13H15ClN2O. The van der Waals surface area contributed by atoms with Crippen LogP contribution >= 0.6 is 11.6 Å². The molecule has 0 radical (unpaired) electrons. The quantitative estimate of drug-likeness (QED) is 0.910. The first-order valence-electron chi connectivity index (χ1n) is 5.48. The van der Waals surface area contributed by atoms with Crippen molar-refractivity contribution >= 4 is 11.6 Å². The molecule has 3 nitrogen and oxygen atoms in total. The van der Waals surface area contributed by atoms with Gasteiger partial charge in [0.2, 0.25) is 0 Å². The van der Waals surface area contributed by atoms with E-state index in [1.165, 1.54) is 0 Å². The third-order valence-electron chi connectivity index (χ3n) is 2.79. The number of nitrogens with zero attached hydrogens (tertiary/aromatic N) is 2. The minimum absolute atomic E-state index is 0.544. The van der Waals surface area contributed by atoms with E-state index in [-0.39, 0.29) is 0 Å². The summed E-state index contributed by atoms with van der Waals surface area (Å²) in [6, 6.07) is 5.57. The molecule has 0 spiro atoms. The van der Waals surface area contributed by atoms with Crippen LogP contribution in [-0.4, -0.2) is 14.9 Å². The van der Waals surface area contributed by atoms with Gasteiger partial charge in [-0.25, -0.2) is 0 Å². The van der Waals surface area contributed by atoms with E-state index in [0.717, 1.165) is 16.7 Å².